The fraction of sp³-hybridized carbons (Fsp3) is 0.714. The monoisotopic (exact) mass is 281 g/mol. The molecule has 1 aliphatic rings. The van der Waals surface area contributed by atoms with Crippen molar-refractivity contribution >= 4 is 17.2 Å². The molecule has 0 spiro atoms. The third-order valence-corrected chi connectivity index (χ3v) is 4.80. The number of piperidine rings is 1. The fourth-order valence-electron chi connectivity index (χ4n) is 2.58. The first-order valence-corrected chi connectivity index (χ1v) is 7.90. The highest BCUT2D eigenvalue weighted by Gasteiger charge is 2.39. The molecule has 1 N–H and O–H groups in total. The van der Waals surface area contributed by atoms with Crippen LogP contribution >= 0.6 is 11.3 Å². The lowest BCUT2D eigenvalue weighted by molar-refractivity contribution is -0.142. The molecule has 1 atom stereocenters. The van der Waals surface area contributed by atoms with Gasteiger partial charge in [-0.1, -0.05) is 6.92 Å². The van der Waals surface area contributed by atoms with Crippen molar-refractivity contribution in [3.63, 3.8) is 0 Å². The third kappa shape index (κ3) is 2.98. The number of aromatic nitrogens is 1. The number of thiazole rings is 1. The first-order valence-electron chi connectivity index (χ1n) is 7.02. The molecule has 1 unspecified atom stereocenters. The average Bonchev–Trinajstić information content (AvgIpc) is 2.92. The van der Waals surface area contributed by atoms with Crippen molar-refractivity contribution in [1.82, 2.24) is 15.2 Å². The second-order valence-corrected chi connectivity index (χ2v) is 6.43. The summed E-state index contributed by atoms with van der Waals surface area (Å²) in [7, 11) is 0. The largest absolute Gasteiger partial charge is 0.330 e. The van der Waals surface area contributed by atoms with Crippen molar-refractivity contribution in [3.8, 4) is 0 Å². The van der Waals surface area contributed by atoms with Gasteiger partial charge in [0.25, 0.3) is 0 Å². The van der Waals surface area contributed by atoms with Gasteiger partial charge in [0.05, 0.1) is 11.6 Å². The molecule has 0 bridgehead atoms. The Morgan fingerprint density at radius 1 is 1.58 bits per heavy atom. The summed E-state index contributed by atoms with van der Waals surface area (Å²) in [4.78, 5) is 19.0. The van der Waals surface area contributed by atoms with E-state index in [2.05, 4.69) is 31.1 Å². The van der Waals surface area contributed by atoms with Crippen LogP contribution in [0, 0.1) is 0 Å². The Kier molecular flexibility index (Phi) is 4.58. The Morgan fingerprint density at radius 2 is 2.37 bits per heavy atom. The molecule has 2 heterocycles. The van der Waals surface area contributed by atoms with E-state index >= 15 is 0 Å². The minimum Gasteiger partial charge on any atom is -0.330 e. The van der Waals surface area contributed by atoms with Crippen LogP contribution in [-0.2, 0) is 10.3 Å². The molecule has 1 aliphatic heterocycles. The molecule has 1 fully saturated rings. The molecule has 4 nitrogen and oxygen atoms in total. The van der Waals surface area contributed by atoms with Gasteiger partial charge >= 0.3 is 0 Å². The molecule has 0 radical (unpaired) electrons. The topological polar surface area (TPSA) is 45.2 Å². The first kappa shape index (κ1) is 14.5. The van der Waals surface area contributed by atoms with E-state index in [0.29, 0.717) is 0 Å². The third-order valence-electron chi connectivity index (χ3n) is 3.71. The lowest BCUT2D eigenvalue weighted by Crippen LogP contribution is -2.56. The Morgan fingerprint density at radius 3 is 3.00 bits per heavy atom. The summed E-state index contributed by atoms with van der Waals surface area (Å²) in [6.45, 7) is 8.03. The predicted octanol–water partition coefficient (Wildman–Crippen LogP) is 2.37. The van der Waals surface area contributed by atoms with E-state index in [1.54, 1.807) is 11.3 Å². The molecule has 1 aromatic rings. The van der Waals surface area contributed by atoms with Crippen LogP contribution in [0.3, 0.4) is 0 Å². The molecule has 106 valence electrons. The number of nitrogens with one attached hydrogen (secondary N) is 1. The first-order chi connectivity index (χ1) is 9.07. The summed E-state index contributed by atoms with van der Waals surface area (Å²) >= 11 is 1.62. The van der Waals surface area contributed by atoms with E-state index in [4.69, 9.17) is 0 Å². The van der Waals surface area contributed by atoms with Gasteiger partial charge in [-0.15, -0.1) is 11.3 Å². The van der Waals surface area contributed by atoms with Gasteiger partial charge in [-0.05, 0) is 39.7 Å². The predicted molar refractivity (Wildman–Crippen MR) is 78.2 cm³/mol. The number of likely N-dealkylation sites (tertiary alicyclic amines) is 1. The van der Waals surface area contributed by atoms with Gasteiger partial charge in [-0.3, -0.25) is 4.79 Å². The van der Waals surface area contributed by atoms with Crippen molar-refractivity contribution in [1.29, 1.82) is 0 Å². The van der Waals surface area contributed by atoms with Crippen molar-refractivity contribution in [2.75, 3.05) is 13.1 Å². The maximum absolute atomic E-state index is 12.6. The molecule has 2 rings (SSSR count). The van der Waals surface area contributed by atoms with Crippen molar-refractivity contribution < 1.29 is 4.79 Å². The number of amides is 1. The SMILES string of the molecule is CCCNC1CCCN(C(C)(C)c2nccs2)C1=O. The van der Waals surface area contributed by atoms with E-state index in [1.807, 2.05) is 16.5 Å². The maximum atomic E-state index is 12.6. The highest BCUT2D eigenvalue weighted by atomic mass is 32.1. The summed E-state index contributed by atoms with van der Waals surface area (Å²) in [5.41, 5.74) is -0.308. The molecule has 1 aromatic heterocycles. The number of carbonyl (C=O) groups is 1. The van der Waals surface area contributed by atoms with Crippen molar-refractivity contribution in [2.24, 2.45) is 0 Å². The van der Waals surface area contributed by atoms with Crippen LogP contribution < -0.4 is 5.32 Å². The summed E-state index contributed by atoms with van der Waals surface area (Å²) in [5.74, 6) is 0.222. The minimum absolute atomic E-state index is 0.0204. The van der Waals surface area contributed by atoms with Gasteiger partial charge in [-0.25, -0.2) is 4.98 Å². The zero-order chi connectivity index (χ0) is 13.9. The van der Waals surface area contributed by atoms with E-state index in [1.165, 1.54) is 0 Å². The lowest BCUT2D eigenvalue weighted by atomic mass is 9.96. The summed E-state index contributed by atoms with van der Waals surface area (Å²) in [6, 6.07) is -0.0204. The quantitative estimate of drug-likeness (QED) is 0.901. The van der Waals surface area contributed by atoms with Crippen LogP contribution in [0.4, 0.5) is 0 Å². The van der Waals surface area contributed by atoms with Crippen LogP contribution in [0.1, 0.15) is 45.0 Å². The van der Waals surface area contributed by atoms with Crippen molar-refractivity contribution in [2.45, 2.75) is 51.6 Å². The molecule has 0 saturated carbocycles. The van der Waals surface area contributed by atoms with Gasteiger partial charge in [0, 0.05) is 18.1 Å². The second-order valence-electron chi connectivity index (χ2n) is 5.54. The summed E-state index contributed by atoms with van der Waals surface area (Å²) < 4.78 is 0. The van der Waals surface area contributed by atoms with Crippen LogP contribution in [0.2, 0.25) is 0 Å². The molecule has 5 heteroatoms. The lowest BCUT2D eigenvalue weighted by Gasteiger charge is -2.42. The highest BCUT2D eigenvalue weighted by molar-refractivity contribution is 7.09. The standard InChI is InChI=1S/C14H23N3OS/c1-4-7-15-11-6-5-9-17(12(11)18)14(2,3)13-16-8-10-19-13/h8,10-11,15H,4-7,9H2,1-3H3. The van der Waals surface area contributed by atoms with Gasteiger partial charge in [0.2, 0.25) is 5.91 Å². The number of nitrogens with zero attached hydrogens (tertiary/aromatic N) is 2. The maximum Gasteiger partial charge on any atom is 0.240 e. The molecule has 1 amide bonds. The number of hydrogen-bond donors (Lipinski definition) is 1. The smallest absolute Gasteiger partial charge is 0.240 e. The number of rotatable bonds is 5. The number of hydrogen-bond acceptors (Lipinski definition) is 4. The van der Waals surface area contributed by atoms with E-state index in [-0.39, 0.29) is 17.5 Å². The van der Waals surface area contributed by atoms with E-state index in [9.17, 15) is 4.79 Å². The van der Waals surface area contributed by atoms with Gasteiger partial charge in [0.1, 0.15) is 5.01 Å². The van der Waals surface area contributed by atoms with E-state index in [0.717, 1.165) is 37.4 Å². The number of carbonyl (C=O) groups excluding carboxylic acids is 1. The molecular weight excluding hydrogens is 258 g/mol. The summed E-state index contributed by atoms with van der Waals surface area (Å²) in [6.07, 6.45) is 4.87. The summed E-state index contributed by atoms with van der Waals surface area (Å²) in [5, 5.41) is 6.34. The Labute approximate surface area is 119 Å². The Bertz CT molecular complexity index is 416. The van der Waals surface area contributed by atoms with Gasteiger partial charge in [0.15, 0.2) is 0 Å². The van der Waals surface area contributed by atoms with Crippen molar-refractivity contribution in [3.05, 3.63) is 16.6 Å². The van der Waals surface area contributed by atoms with Crippen LogP contribution in [0.5, 0.6) is 0 Å². The highest BCUT2D eigenvalue weighted by Crippen LogP contribution is 2.32. The van der Waals surface area contributed by atoms with Crippen LogP contribution in [0.15, 0.2) is 11.6 Å². The molecule has 19 heavy (non-hydrogen) atoms. The average molecular weight is 281 g/mol. The van der Waals surface area contributed by atoms with Crippen LogP contribution in [-0.4, -0.2) is 34.9 Å². The molecule has 0 aliphatic carbocycles. The molecule has 0 aromatic carbocycles. The molecular formula is C14H23N3OS. The fourth-order valence-corrected chi connectivity index (χ4v) is 3.35. The van der Waals surface area contributed by atoms with E-state index < -0.39 is 0 Å². The Hall–Kier alpha value is -0.940. The van der Waals surface area contributed by atoms with Gasteiger partial charge < -0.3 is 10.2 Å². The zero-order valence-electron chi connectivity index (χ0n) is 12.0. The van der Waals surface area contributed by atoms with Gasteiger partial charge in [-0.2, -0.15) is 0 Å². The normalized spacial score (nSPS) is 20.9. The van der Waals surface area contributed by atoms with Crippen LogP contribution in [0.25, 0.3) is 0 Å². The Balaban J connectivity index is 2.13. The molecule has 1 saturated heterocycles. The second kappa shape index (κ2) is 6.01. The zero-order valence-corrected chi connectivity index (χ0v) is 12.8. The minimum atomic E-state index is -0.308.